The fourth-order valence-corrected chi connectivity index (χ4v) is 3.24. The van der Waals surface area contributed by atoms with Gasteiger partial charge in [0.15, 0.2) is 5.76 Å². The van der Waals surface area contributed by atoms with E-state index in [2.05, 4.69) is 10.5 Å². The van der Waals surface area contributed by atoms with Crippen molar-refractivity contribution in [2.45, 2.75) is 18.3 Å². The van der Waals surface area contributed by atoms with E-state index in [4.69, 9.17) is 4.52 Å². The Labute approximate surface area is 135 Å². The Morgan fingerprint density at radius 3 is 2.78 bits per heavy atom. The number of nitrogens with zero attached hydrogens (tertiary/aromatic N) is 1. The number of thiophene rings is 1. The first-order valence-electron chi connectivity index (χ1n) is 7.26. The third-order valence-electron chi connectivity index (χ3n) is 4.07. The normalized spacial score (nSPS) is 15.3. The summed E-state index contributed by atoms with van der Waals surface area (Å²) in [5.74, 6) is -0.0373. The number of rotatable bonds is 4. The monoisotopic (exact) mass is 328 g/mol. The number of carbonyl (C=O) groups excluding carboxylic acids is 1. The van der Waals surface area contributed by atoms with Crippen molar-refractivity contribution >= 4 is 22.9 Å². The molecule has 4 nitrogen and oxygen atoms in total. The van der Waals surface area contributed by atoms with Crippen molar-refractivity contribution < 1.29 is 13.7 Å². The molecule has 1 aliphatic carbocycles. The van der Waals surface area contributed by atoms with Crippen LogP contribution in [0.5, 0.6) is 0 Å². The standard InChI is InChI=1S/C17H13FN2O2S/c18-11-4-1-2-5-12(11)19-16(21)17(7-8-17)15-10-13(22-20-15)14-6-3-9-23-14/h1-6,9-10H,7-8H2,(H,19,21). The SMILES string of the molecule is O=C(Nc1ccccc1F)C1(c2cc(-c3cccs3)on2)CC1. The first kappa shape index (κ1) is 14.1. The maximum atomic E-state index is 13.7. The van der Waals surface area contributed by atoms with Gasteiger partial charge in [-0.2, -0.15) is 0 Å². The molecule has 1 saturated carbocycles. The summed E-state index contributed by atoms with van der Waals surface area (Å²) in [5, 5.41) is 8.68. The van der Waals surface area contributed by atoms with E-state index in [1.54, 1.807) is 35.6 Å². The molecule has 4 rings (SSSR count). The van der Waals surface area contributed by atoms with Crippen molar-refractivity contribution in [3.63, 3.8) is 0 Å². The number of anilines is 1. The maximum Gasteiger partial charge on any atom is 0.236 e. The van der Waals surface area contributed by atoms with Crippen LogP contribution < -0.4 is 5.32 Å². The van der Waals surface area contributed by atoms with Crippen LogP contribution in [0, 0.1) is 5.82 Å². The average molecular weight is 328 g/mol. The highest BCUT2D eigenvalue weighted by Gasteiger charge is 2.54. The second-order valence-electron chi connectivity index (χ2n) is 5.57. The molecule has 3 aromatic rings. The van der Waals surface area contributed by atoms with E-state index in [1.165, 1.54) is 6.07 Å². The van der Waals surface area contributed by atoms with Crippen LogP contribution in [0.1, 0.15) is 18.5 Å². The Kier molecular flexibility index (Phi) is 3.27. The van der Waals surface area contributed by atoms with Gasteiger partial charge < -0.3 is 9.84 Å². The van der Waals surface area contributed by atoms with Crippen molar-refractivity contribution in [2.24, 2.45) is 0 Å². The number of para-hydroxylation sites is 1. The molecule has 23 heavy (non-hydrogen) atoms. The molecular formula is C17H13FN2O2S. The number of halogens is 1. The van der Waals surface area contributed by atoms with Gasteiger partial charge in [-0.25, -0.2) is 4.39 Å². The van der Waals surface area contributed by atoms with Crippen LogP contribution in [0.15, 0.2) is 52.4 Å². The Morgan fingerprint density at radius 1 is 1.26 bits per heavy atom. The molecule has 0 atom stereocenters. The second kappa shape index (κ2) is 5.31. The Bertz CT molecular complexity index is 853. The van der Waals surface area contributed by atoms with Gasteiger partial charge in [0.2, 0.25) is 5.91 Å². The van der Waals surface area contributed by atoms with Gasteiger partial charge >= 0.3 is 0 Å². The van der Waals surface area contributed by atoms with Crippen molar-refractivity contribution in [2.75, 3.05) is 5.32 Å². The van der Waals surface area contributed by atoms with Gasteiger partial charge in [0.25, 0.3) is 0 Å². The number of amides is 1. The smallest absolute Gasteiger partial charge is 0.236 e. The molecule has 0 saturated heterocycles. The molecule has 1 aliphatic rings. The maximum absolute atomic E-state index is 13.7. The fraction of sp³-hybridized carbons (Fsp3) is 0.176. The first-order chi connectivity index (χ1) is 11.2. The first-order valence-corrected chi connectivity index (χ1v) is 8.14. The van der Waals surface area contributed by atoms with Gasteiger partial charge in [0.1, 0.15) is 5.82 Å². The molecule has 6 heteroatoms. The minimum atomic E-state index is -0.707. The number of hydrogen-bond donors (Lipinski definition) is 1. The zero-order chi connectivity index (χ0) is 15.9. The third kappa shape index (κ3) is 2.45. The highest BCUT2D eigenvalue weighted by Crippen LogP contribution is 2.49. The minimum Gasteiger partial charge on any atom is -0.355 e. The van der Waals surface area contributed by atoms with Gasteiger partial charge in [-0.3, -0.25) is 4.79 Å². The van der Waals surface area contributed by atoms with Crippen LogP contribution in [-0.2, 0) is 10.2 Å². The molecule has 1 N–H and O–H groups in total. The lowest BCUT2D eigenvalue weighted by Crippen LogP contribution is -2.28. The Hall–Kier alpha value is -2.47. The molecular weight excluding hydrogens is 315 g/mol. The van der Waals surface area contributed by atoms with Crippen LogP contribution in [0.25, 0.3) is 10.6 Å². The molecule has 1 amide bonds. The van der Waals surface area contributed by atoms with Crippen molar-refractivity contribution in [3.05, 3.63) is 59.4 Å². The van der Waals surface area contributed by atoms with E-state index in [1.807, 2.05) is 17.5 Å². The van der Waals surface area contributed by atoms with E-state index in [0.29, 0.717) is 24.3 Å². The van der Waals surface area contributed by atoms with Gasteiger partial charge in [0.05, 0.1) is 21.7 Å². The Morgan fingerprint density at radius 2 is 2.09 bits per heavy atom. The van der Waals surface area contributed by atoms with Gasteiger partial charge in [-0.05, 0) is 36.4 Å². The summed E-state index contributed by atoms with van der Waals surface area (Å²) in [5.41, 5.74) is 0.0851. The van der Waals surface area contributed by atoms with E-state index in [9.17, 15) is 9.18 Å². The molecule has 2 heterocycles. The number of aromatic nitrogens is 1. The van der Waals surface area contributed by atoms with Crippen LogP contribution in [0.2, 0.25) is 0 Å². The molecule has 116 valence electrons. The topological polar surface area (TPSA) is 55.1 Å². The number of nitrogens with one attached hydrogen (secondary N) is 1. The summed E-state index contributed by atoms with van der Waals surface area (Å²) < 4.78 is 19.1. The van der Waals surface area contributed by atoms with E-state index < -0.39 is 11.2 Å². The van der Waals surface area contributed by atoms with Crippen LogP contribution >= 0.6 is 11.3 Å². The van der Waals surface area contributed by atoms with E-state index >= 15 is 0 Å². The molecule has 0 unspecified atom stereocenters. The third-order valence-corrected chi connectivity index (χ3v) is 4.96. The van der Waals surface area contributed by atoms with Crippen molar-refractivity contribution in [1.29, 1.82) is 0 Å². The molecule has 0 aliphatic heterocycles. The van der Waals surface area contributed by atoms with Gasteiger partial charge in [-0.15, -0.1) is 11.3 Å². The summed E-state index contributed by atoms with van der Waals surface area (Å²) in [6.07, 6.45) is 1.37. The van der Waals surface area contributed by atoms with Crippen LogP contribution in [0.4, 0.5) is 10.1 Å². The summed E-state index contributed by atoms with van der Waals surface area (Å²) in [6.45, 7) is 0. The predicted octanol–water partition coefficient (Wildman–Crippen LogP) is 4.21. The number of carbonyl (C=O) groups is 1. The van der Waals surface area contributed by atoms with Gasteiger partial charge in [-0.1, -0.05) is 23.4 Å². The highest BCUT2D eigenvalue weighted by atomic mass is 32.1. The molecule has 1 aromatic carbocycles. The van der Waals surface area contributed by atoms with Crippen molar-refractivity contribution in [3.8, 4) is 10.6 Å². The molecule has 0 radical (unpaired) electrons. The fourth-order valence-electron chi connectivity index (χ4n) is 2.56. The lowest BCUT2D eigenvalue weighted by Gasteiger charge is -2.12. The van der Waals surface area contributed by atoms with Crippen molar-refractivity contribution in [1.82, 2.24) is 5.16 Å². The molecule has 1 fully saturated rings. The lowest BCUT2D eigenvalue weighted by atomic mass is 10.0. The van der Waals surface area contributed by atoms with E-state index in [0.717, 1.165) is 4.88 Å². The minimum absolute atomic E-state index is 0.186. The van der Waals surface area contributed by atoms with Crippen LogP contribution in [0.3, 0.4) is 0 Å². The zero-order valence-electron chi connectivity index (χ0n) is 12.1. The van der Waals surface area contributed by atoms with Gasteiger partial charge in [0, 0.05) is 6.07 Å². The molecule has 0 spiro atoms. The predicted molar refractivity (Wildman–Crippen MR) is 85.8 cm³/mol. The summed E-state index contributed by atoms with van der Waals surface area (Å²) >= 11 is 1.55. The quantitative estimate of drug-likeness (QED) is 0.780. The molecule has 0 bridgehead atoms. The van der Waals surface area contributed by atoms with Crippen LogP contribution in [-0.4, -0.2) is 11.1 Å². The number of hydrogen-bond acceptors (Lipinski definition) is 4. The summed E-state index contributed by atoms with van der Waals surface area (Å²) in [6, 6.07) is 11.8. The average Bonchev–Trinajstić information content (AvgIpc) is 2.99. The zero-order valence-corrected chi connectivity index (χ0v) is 12.9. The summed E-state index contributed by atoms with van der Waals surface area (Å²) in [7, 11) is 0. The second-order valence-corrected chi connectivity index (χ2v) is 6.52. The largest absolute Gasteiger partial charge is 0.355 e. The highest BCUT2D eigenvalue weighted by molar-refractivity contribution is 7.13. The summed E-state index contributed by atoms with van der Waals surface area (Å²) in [4.78, 5) is 13.6. The molecule has 2 aromatic heterocycles. The van der Waals surface area contributed by atoms with E-state index in [-0.39, 0.29) is 11.6 Å². The Balaban J connectivity index is 1.59. The lowest BCUT2D eigenvalue weighted by molar-refractivity contribution is -0.118. The number of benzene rings is 1.